The Kier molecular flexibility index (Phi) is 15.7. The molecule has 0 bridgehead atoms. The fourth-order valence-corrected chi connectivity index (χ4v) is 3.56. The first-order chi connectivity index (χ1) is 20.8. The van der Waals surface area contributed by atoms with Crippen molar-refractivity contribution in [1.29, 1.82) is 0 Å². The molecule has 0 radical (unpaired) electrons. The Balaban J connectivity index is 0.000000303. The minimum atomic E-state index is -1.11. The summed E-state index contributed by atoms with van der Waals surface area (Å²) in [7, 11) is 1.26. The van der Waals surface area contributed by atoms with E-state index in [1.807, 2.05) is 60.7 Å². The van der Waals surface area contributed by atoms with Gasteiger partial charge in [0.15, 0.2) is 0 Å². The average molecular weight is 593 g/mol. The highest BCUT2D eigenvalue weighted by molar-refractivity contribution is 5.98. The third kappa shape index (κ3) is 14.8. The highest BCUT2D eigenvalue weighted by atomic mass is 16.6. The lowest BCUT2D eigenvalue weighted by Crippen LogP contribution is -2.25. The Morgan fingerprint density at radius 2 is 1.26 bits per heavy atom. The number of para-hydroxylation sites is 1. The Morgan fingerprint density at radius 1 is 0.698 bits per heavy atom. The van der Waals surface area contributed by atoms with Crippen molar-refractivity contribution in [3.63, 3.8) is 0 Å². The summed E-state index contributed by atoms with van der Waals surface area (Å²) in [5.41, 5.74) is 2.02. The van der Waals surface area contributed by atoms with Gasteiger partial charge >= 0.3 is 24.1 Å². The molecule has 0 spiro atoms. The predicted octanol–water partition coefficient (Wildman–Crippen LogP) is 5.74. The predicted molar refractivity (Wildman–Crippen MR) is 158 cm³/mol. The molecule has 0 heterocycles. The van der Waals surface area contributed by atoms with Gasteiger partial charge in [0.05, 0.1) is 18.4 Å². The van der Waals surface area contributed by atoms with Crippen LogP contribution in [0.5, 0.6) is 0 Å². The van der Waals surface area contributed by atoms with Crippen LogP contribution in [-0.2, 0) is 37.0 Å². The molecule has 11 heteroatoms. The lowest BCUT2D eigenvalue weighted by Gasteiger charge is -2.09. The molecule has 0 aliphatic heterocycles. The number of hydrogen-bond acceptors (Lipinski definition) is 8. The number of benzene rings is 3. The largest absolute Gasteiger partial charge is 0.478 e. The number of esters is 1. The number of carbonyl (C=O) groups is 5. The monoisotopic (exact) mass is 592 g/mol. The number of hydrogen-bond donors (Lipinski definition) is 3. The van der Waals surface area contributed by atoms with Gasteiger partial charge in [0.2, 0.25) is 0 Å². The summed E-state index contributed by atoms with van der Waals surface area (Å²) < 4.78 is 14.5. The number of alkyl carbamates (subject to hydrolysis) is 1. The lowest BCUT2D eigenvalue weighted by atomic mass is 10.1. The van der Waals surface area contributed by atoms with Crippen LogP contribution in [0.3, 0.4) is 0 Å². The SMILES string of the molecule is COC(=O)CC(=O)CCCCCNC(=O)OCc1ccccc1.O=C(Nc1ccccc1C(=O)O)OCc1ccccc1. The molecule has 0 saturated carbocycles. The Labute approximate surface area is 250 Å². The van der Waals surface area contributed by atoms with E-state index in [1.54, 1.807) is 12.1 Å². The van der Waals surface area contributed by atoms with Crippen LogP contribution in [0.2, 0.25) is 0 Å². The summed E-state index contributed by atoms with van der Waals surface area (Å²) in [4.78, 5) is 56.4. The third-order valence-corrected chi connectivity index (χ3v) is 5.79. The number of carboxylic acid groups (broad SMARTS) is 1. The van der Waals surface area contributed by atoms with Gasteiger partial charge in [-0.25, -0.2) is 14.4 Å². The smallest absolute Gasteiger partial charge is 0.411 e. The molecule has 0 atom stereocenters. The van der Waals surface area contributed by atoms with Crippen molar-refractivity contribution in [2.24, 2.45) is 0 Å². The molecule has 0 aliphatic carbocycles. The minimum absolute atomic E-state index is 0.0177. The summed E-state index contributed by atoms with van der Waals surface area (Å²) in [6.07, 6.45) is 1.29. The fourth-order valence-electron chi connectivity index (χ4n) is 3.56. The highest BCUT2D eigenvalue weighted by Gasteiger charge is 2.12. The third-order valence-electron chi connectivity index (χ3n) is 5.79. The van der Waals surface area contributed by atoms with Crippen LogP contribution in [0.25, 0.3) is 0 Å². The van der Waals surface area contributed by atoms with Crippen molar-refractivity contribution in [3.8, 4) is 0 Å². The number of nitrogens with one attached hydrogen (secondary N) is 2. The van der Waals surface area contributed by atoms with Gasteiger partial charge in [-0.05, 0) is 36.1 Å². The second-order valence-electron chi connectivity index (χ2n) is 9.13. The molecule has 0 fully saturated rings. The first-order valence-corrected chi connectivity index (χ1v) is 13.6. The summed E-state index contributed by atoms with van der Waals surface area (Å²) in [5.74, 6) is -1.73. The Hall–Kier alpha value is -5.19. The van der Waals surface area contributed by atoms with Crippen LogP contribution in [0.1, 0.15) is 53.6 Å². The van der Waals surface area contributed by atoms with E-state index < -0.39 is 24.1 Å². The average Bonchev–Trinajstić information content (AvgIpc) is 3.02. The number of Topliss-reactive ketones (excluding diaryl/α,β-unsaturated/α-hetero) is 1. The van der Waals surface area contributed by atoms with Crippen LogP contribution in [0.15, 0.2) is 84.9 Å². The number of aromatic carboxylic acids is 1. The highest BCUT2D eigenvalue weighted by Crippen LogP contribution is 2.15. The molecule has 0 unspecified atom stereocenters. The van der Waals surface area contributed by atoms with Gasteiger partial charge in [-0.15, -0.1) is 0 Å². The van der Waals surface area contributed by atoms with Crippen LogP contribution in [-0.4, -0.2) is 48.7 Å². The second-order valence-corrected chi connectivity index (χ2v) is 9.13. The van der Waals surface area contributed by atoms with Crippen LogP contribution >= 0.6 is 0 Å². The molecule has 228 valence electrons. The number of rotatable bonds is 14. The standard InChI is InChI=1S/C17H23NO5.C15H13NO4/c1-22-16(20)12-15(19)10-6-3-7-11-18-17(21)23-13-14-8-4-2-5-9-14;17-14(18)12-8-4-5-9-13(12)16-15(19)20-10-11-6-2-1-3-7-11/h2,4-5,8-9H,3,6-7,10-13H2,1H3,(H,18,21);1-9H,10H2,(H,16,19)(H,17,18). The zero-order valence-electron chi connectivity index (χ0n) is 24.0. The van der Waals surface area contributed by atoms with E-state index in [1.165, 1.54) is 19.2 Å². The molecule has 3 rings (SSSR count). The maximum Gasteiger partial charge on any atom is 0.411 e. The van der Waals surface area contributed by atoms with Gasteiger partial charge in [-0.3, -0.25) is 14.9 Å². The topological polar surface area (TPSA) is 157 Å². The summed E-state index contributed by atoms with van der Waals surface area (Å²) in [5, 5.41) is 14.1. The van der Waals surface area contributed by atoms with Gasteiger partial charge in [0, 0.05) is 13.0 Å². The Morgan fingerprint density at radius 3 is 1.84 bits per heavy atom. The minimum Gasteiger partial charge on any atom is -0.478 e. The number of ether oxygens (including phenoxy) is 3. The van der Waals surface area contributed by atoms with E-state index in [9.17, 15) is 24.0 Å². The number of carboxylic acids is 1. The molecule has 11 nitrogen and oxygen atoms in total. The number of carbonyl (C=O) groups excluding carboxylic acids is 4. The van der Waals surface area contributed by atoms with Crippen molar-refractivity contribution in [1.82, 2.24) is 5.32 Å². The summed E-state index contributed by atoms with van der Waals surface area (Å²) in [6.45, 7) is 0.870. The maximum absolute atomic E-state index is 11.6. The Bertz CT molecular complexity index is 1310. The van der Waals surface area contributed by atoms with Crippen molar-refractivity contribution in [2.45, 2.75) is 45.3 Å². The molecular formula is C32H36N2O9. The quantitative estimate of drug-likeness (QED) is 0.0919. The van der Waals surface area contributed by atoms with Crippen LogP contribution in [0, 0.1) is 0 Å². The number of amides is 2. The van der Waals surface area contributed by atoms with Gasteiger partial charge < -0.3 is 24.6 Å². The maximum atomic E-state index is 11.6. The number of ketones is 1. The first kappa shape index (κ1) is 34.0. The van der Waals surface area contributed by atoms with Gasteiger partial charge in [0.25, 0.3) is 0 Å². The van der Waals surface area contributed by atoms with Gasteiger partial charge in [-0.1, -0.05) is 79.2 Å². The molecule has 43 heavy (non-hydrogen) atoms. The molecule has 0 aliphatic rings. The molecule has 3 aromatic carbocycles. The van der Waals surface area contributed by atoms with Gasteiger partial charge in [0.1, 0.15) is 25.4 Å². The fraction of sp³-hybridized carbons (Fsp3) is 0.281. The summed E-state index contributed by atoms with van der Waals surface area (Å²) in [6, 6.07) is 24.8. The number of unbranched alkanes of at least 4 members (excludes halogenated alkanes) is 2. The van der Waals surface area contributed by atoms with E-state index >= 15 is 0 Å². The molecule has 0 saturated heterocycles. The van der Waals surface area contributed by atoms with E-state index in [-0.39, 0.29) is 36.7 Å². The van der Waals surface area contributed by atoms with Crippen molar-refractivity contribution in [2.75, 3.05) is 19.0 Å². The molecule has 3 aromatic rings. The molecular weight excluding hydrogens is 556 g/mol. The first-order valence-electron chi connectivity index (χ1n) is 13.6. The van der Waals surface area contributed by atoms with E-state index in [0.29, 0.717) is 19.4 Å². The van der Waals surface area contributed by atoms with E-state index in [0.717, 1.165) is 24.0 Å². The lowest BCUT2D eigenvalue weighted by molar-refractivity contribution is -0.143. The van der Waals surface area contributed by atoms with Crippen LogP contribution < -0.4 is 10.6 Å². The van der Waals surface area contributed by atoms with Crippen molar-refractivity contribution in [3.05, 3.63) is 102 Å². The molecule has 0 aromatic heterocycles. The number of methoxy groups -OCH3 is 1. The van der Waals surface area contributed by atoms with Gasteiger partial charge in [-0.2, -0.15) is 0 Å². The zero-order valence-corrected chi connectivity index (χ0v) is 24.0. The molecule has 2 amide bonds. The van der Waals surface area contributed by atoms with Crippen molar-refractivity contribution < 1.29 is 43.3 Å². The zero-order chi connectivity index (χ0) is 31.3. The molecule has 3 N–H and O–H groups in total. The van der Waals surface area contributed by atoms with Crippen molar-refractivity contribution >= 4 is 35.6 Å². The van der Waals surface area contributed by atoms with Crippen LogP contribution in [0.4, 0.5) is 15.3 Å². The van der Waals surface area contributed by atoms with E-state index in [2.05, 4.69) is 15.4 Å². The second kappa shape index (κ2) is 19.8. The normalized spacial score (nSPS) is 9.88. The number of anilines is 1. The summed E-state index contributed by atoms with van der Waals surface area (Å²) >= 11 is 0. The van der Waals surface area contributed by atoms with E-state index in [4.69, 9.17) is 14.6 Å².